The van der Waals surface area contributed by atoms with E-state index in [9.17, 15) is 83.1 Å². The SMILES string of the molecule is Cc1nc2ccc(CN(C)c3ccc(C(=O)N[C@@H](CCC(=O)O)C(=O)N[C@@H](CCC(=O)O)C(=O)N[C@@H](CCC(=O)O)C(=O)N[C@@H](CCC(=O)O)C(=O)N[C@@H](CCC(=O)O)C(=O)O)s3)cc2c(=O)[nH]1. The van der Waals surface area contributed by atoms with E-state index in [2.05, 4.69) is 31.2 Å². The van der Waals surface area contributed by atoms with E-state index in [-0.39, 0.29) is 17.0 Å². The van der Waals surface area contributed by atoms with E-state index >= 15 is 0 Å². The van der Waals surface area contributed by atoms with Crippen LogP contribution in [0.3, 0.4) is 0 Å². The third kappa shape index (κ3) is 17.8. The molecule has 2 heterocycles. The Morgan fingerprint density at radius 1 is 0.588 bits per heavy atom. The lowest BCUT2D eigenvalue weighted by molar-refractivity contribution is -0.144. The number of carboxylic acids is 6. The molecule has 26 nitrogen and oxygen atoms in total. The molecule has 5 atom stereocenters. The van der Waals surface area contributed by atoms with Crippen molar-refractivity contribution in [2.75, 3.05) is 11.9 Å². The third-order valence-electron chi connectivity index (χ3n) is 9.87. The number of aliphatic carboxylic acids is 6. The second-order valence-electron chi connectivity index (χ2n) is 15.3. The number of hydrogen-bond donors (Lipinski definition) is 12. The quantitative estimate of drug-likeness (QED) is 0.0412. The predicted molar refractivity (Wildman–Crippen MR) is 234 cm³/mol. The minimum atomic E-state index is -1.89. The summed E-state index contributed by atoms with van der Waals surface area (Å²) in [4.78, 5) is 158. The summed E-state index contributed by atoms with van der Waals surface area (Å²) in [5.74, 6) is -14.3. The molecule has 0 saturated carbocycles. The van der Waals surface area contributed by atoms with Gasteiger partial charge in [-0.25, -0.2) is 9.78 Å². The lowest BCUT2D eigenvalue weighted by Gasteiger charge is -2.26. The number of aromatic nitrogens is 2. The molecule has 0 radical (unpaired) electrons. The van der Waals surface area contributed by atoms with Crippen LogP contribution in [0.1, 0.15) is 85.3 Å². The van der Waals surface area contributed by atoms with Crippen LogP contribution in [0.25, 0.3) is 10.9 Å². The number of hydrogen-bond acceptors (Lipinski definition) is 15. The highest BCUT2D eigenvalue weighted by Gasteiger charge is 2.34. The highest BCUT2D eigenvalue weighted by Crippen LogP contribution is 2.27. The van der Waals surface area contributed by atoms with Gasteiger partial charge in [0.15, 0.2) is 0 Å². The fourth-order valence-corrected chi connectivity index (χ4v) is 7.27. The molecule has 0 unspecified atom stereocenters. The van der Waals surface area contributed by atoms with Crippen molar-refractivity contribution in [3.8, 4) is 0 Å². The Kier molecular flexibility index (Phi) is 20.5. The summed E-state index contributed by atoms with van der Waals surface area (Å²) < 4.78 is 0. The van der Waals surface area contributed by atoms with E-state index in [1.807, 2.05) is 5.32 Å². The molecule has 1 aromatic carbocycles. The summed E-state index contributed by atoms with van der Waals surface area (Å²) in [6.45, 7) is 1.94. The van der Waals surface area contributed by atoms with Gasteiger partial charge in [0, 0.05) is 45.7 Å². The lowest BCUT2D eigenvalue weighted by Crippen LogP contribution is -2.59. The molecule has 68 heavy (non-hydrogen) atoms. The molecular weight excluding hydrogens is 925 g/mol. The van der Waals surface area contributed by atoms with Gasteiger partial charge in [0.05, 0.1) is 20.8 Å². The Bertz CT molecular complexity index is 2470. The molecule has 368 valence electrons. The van der Waals surface area contributed by atoms with Crippen molar-refractivity contribution >= 4 is 92.6 Å². The predicted octanol–water partition coefficient (Wildman–Crippen LogP) is -0.624. The number of thiophene rings is 1. The highest BCUT2D eigenvalue weighted by molar-refractivity contribution is 7.18. The number of rotatable bonds is 29. The largest absolute Gasteiger partial charge is 0.481 e. The Labute approximate surface area is 388 Å². The second kappa shape index (κ2) is 25.7. The maximum atomic E-state index is 13.7. The van der Waals surface area contributed by atoms with Crippen LogP contribution in [0.5, 0.6) is 0 Å². The second-order valence-corrected chi connectivity index (χ2v) is 16.3. The minimum Gasteiger partial charge on any atom is -0.481 e. The van der Waals surface area contributed by atoms with Gasteiger partial charge in [-0.1, -0.05) is 6.07 Å². The maximum absolute atomic E-state index is 13.7. The molecular formula is C41H50N8O18S. The van der Waals surface area contributed by atoms with Crippen LogP contribution in [0, 0.1) is 6.92 Å². The van der Waals surface area contributed by atoms with Crippen molar-refractivity contribution in [1.29, 1.82) is 0 Å². The average molecular weight is 975 g/mol. The van der Waals surface area contributed by atoms with Gasteiger partial charge in [0.25, 0.3) is 11.5 Å². The van der Waals surface area contributed by atoms with E-state index in [1.165, 1.54) is 6.07 Å². The summed E-state index contributed by atoms with van der Waals surface area (Å²) in [6.07, 6.45) is -6.93. The van der Waals surface area contributed by atoms with Gasteiger partial charge >= 0.3 is 35.8 Å². The molecule has 0 saturated heterocycles. The van der Waals surface area contributed by atoms with Gasteiger partial charge in [-0.15, -0.1) is 11.3 Å². The van der Waals surface area contributed by atoms with Gasteiger partial charge in [0.1, 0.15) is 36.0 Å². The monoisotopic (exact) mass is 974 g/mol. The van der Waals surface area contributed by atoms with Crippen LogP contribution >= 0.6 is 11.3 Å². The zero-order chi connectivity index (χ0) is 50.8. The molecule has 27 heteroatoms. The van der Waals surface area contributed by atoms with Crippen LogP contribution in [0.4, 0.5) is 5.00 Å². The standard InChI is InChI=1S/C41H50N8O18S/c1-19-42-22-4-3-20(17-21(22)35(60)43-19)18-49(2)29-11-10-28(68-29)40(65)47-26(8-15-33(56)57)38(63)45-24(6-13-31(52)53)36(61)44-23(5-12-30(50)51)37(62)46-25(7-14-32(54)55)39(64)48-27(41(66)67)9-16-34(58)59/h3-4,10-11,17,23-27H,5-9,12-16,18H2,1-2H3,(H,44,61)(H,45,63)(H,46,62)(H,47,65)(H,48,64)(H,50,51)(H,52,53)(H,54,55)(H,56,57)(H,58,59)(H,66,67)(H,42,43,60)/t23-,24-,25-,26-,27-/m0/s1. The highest BCUT2D eigenvalue weighted by atomic mass is 32.1. The molecule has 3 rings (SSSR count). The summed E-state index contributed by atoms with van der Waals surface area (Å²) in [5, 5.41) is 67.7. The normalized spacial score (nSPS) is 13.1. The van der Waals surface area contributed by atoms with Gasteiger partial charge in [-0.3, -0.25) is 52.7 Å². The molecule has 0 aliphatic heterocycles. The molecule has 0 aliphatic rings. The van der Waals surface area contributed by atoms with Crippen molar-refractivity contribution in [2.45, 2.75) is 108 Å². The molecule has 3 aromatic rings. The van der Waals surface area contributed by atoms with E-state index in [1.54, 1.807) is 43.1 Å². The number of fused-ring (bicyclic) bond motifs is 1. The van der Waals surface area contributed by atoms with Gasteiger partial charge in [0.2, 0.25) is 23.6 Å². The zero-order valence-electron chi connectivity index (χ0n) is 36.4. The van der Waals surface area contributed by atoms with Crippen LogP contribution in [-0.4, -0.2) is 143 Å². The fraction of sp³-hybridized carbons (Fsp3) is 0.439. The Balaban J connectivity index is 1.83. The first-order valence-electron chi connectivity index (χ1n) is 20.6. The number of carbonyl (C=O) groups excluding carboxylic acids is 5. The van der Waals surface area contributed by atoms with E-state index in [4.69, 9.17) is 5.11 Å². The van der Waals surface area contributed by atoms with E-state index in [0.29, 0.717) is 21.7 Å². The first-order valence-corrected chi connectivity index (χ1v) is 21.4. The summed E-state index contributed by atoms with van der Waals surface area (Å²) >= 11 is 0.994. The van der Waals surface area contributed by atoms with Crippen LogP contribution in [-0.2, 0) is 54.5 Å². The third-order valence-corrected chi connectivity index (χ3v) is 11.1. The number of nitrogens with zero attached hydrogens (tertiary/aromatic N) is 2. The Morgan fingerprint density at radius 3 is 1.40 bits per heavy atom. The van der Waals surface area contributed by atoms with Crippen LogP contribution in [0.2, 0.25) is 0 Å². The molecule has 5 amide bonds. The number of anilines is 1. The molecule has 12 N–H and O–H groups in total. The van der Waals surface area contributed by atoms with Crippen molar-refractivity contribution < 1.29 is 83.4 Å². The number of aromatic amines is 1. The number of benzene rings is 1. The maximum Gasteiger partial charge on any atom is 0.326 e. The van der Waals surface area contributed by atoms with E-state index < -0.39 is 160 Å². The Morgan fingerprint density at radius 2 is 0.985 bits per heavy atom. The van der Waals surface area contributed by atoms with Gasteiger partial charge < -0.3 is 67.1 Å². The number of carbonyl (C=O) groups is 11. The Hall–Kier alpha value is -7.97. The lowest BCUT2D eigenvalue weighted by atomic mass is 10.0. The smallest absolute Gasteiger partial charge is 0.326 e. The number of amides is 5. The van der Waals surface area contributed by atoms with Crippen molar-refractivity contribution in [3.05, 3.63) is 57.0 Å². The van der Waals surface area contributed by atoms with Gasteiger partial charge in [-0.2, -0.15) is 0 Å². The zero-order valence-corrected chi connectivity index (χ0v) is 37.3. The van der Waals surface area contributed by atoms with Crippen molar-refractivity contribution in [1.82, 2.24) is 36.6 Å². The summed E-state index contributed by atoms with van der Waals surface area (Å²) in [7, 11) is 1.72. The topological polar surface area (TPSA) is 418 Å². The van der Waals surface area contributed by atoms with Crippen LogP contribution in [0.15, 0.2) is 35.1 Å². The van der Waals surface area contributed by atoms with Crippen molar-refractivity contribution in [2.24, 2.45) is 0 Å². The van der Waals surface area contributed by atoms with Gasteiger partial charge in [-0.05, 0) is 68.9 Å². The number of nitrogens with one attached hydrogen (secondary N) is 6. The summed E-state index contributed by atoms with van der Waals surface area (Å²) in [6, 6.07) is -0.833. The molecule has 0 aliphatic carbocycles. The molecule has 0 bridgehead atoms. The molecule has 2 aromatic heterocycles. The van der Waals surface area contributed by atoms with Crippen molar-refractivity contribution in [3.63, 3.8) is 0 Å². The number of carboxylic acid groups (broad SMARTS) is 6. The molecule has 0 spiro atoms. The average Bonchev–Trinajstić information content (AvgIpc) is 3.76. The summed E-state index contributed by atoms with van der Waals surface area (Å²) in [5.41, 5.74) is 0.921. The first-order chi connectivity index (χ1) is 31.9. The molecule has 0 fully saturated rings. The van der Waals surface area contributed by atoms with Crippen LogP contribution < -0.4 is 37.0 Å². The van der Waals surface area contributed by atoms with E-state index in [0.717, 1.165) is 16.9 Å². The first kappa shape index (κ1) is 54.4. The number of aryl methyl sites for hydroxylation is 1. The number of H-pyrrole nitrogens is 1. The minimum absolute atomic E-state index is 0.0659. The fourth-order valence-electron chi connectivity index (χ4n) is 6.40.